The van der Waals surface area contributed by atoms with E-state index in [0.29, 0.717) is 5.75 Å². The lowest BCUT2D eigenvalue weighted by molar-refractivity contribution is 0.0693. The number of carbonyl (C=O) groups is 1. The molecule has 0 aliphatic heterocycles. The van der Waals surface area contributed by atoms with E-state index in [0.717, 1.165) is 4.90 Å². The molecule has 1 aromatic heterocycles. The molecule has 0 aliphatic carbocycles. The van der Waals surface area contributed by atoms with Gasteiger partial charge in [0.25, 0.3) is 5.88 Å². The summed E-state index contributed by atoms with van der Waals surface area (Å²) in [6.45, 7) is 0. The lowest BCUT2D eigenvalue weighted by Crippen LogP contribution is -2.02. The smallest absolute Gasteiger partial charge is 0.341 e. The number of rotatable bonds is 4. The van der Waals surface area contributed by atoms with E-state index < -0.39 is 5.97 Å². The number of hydrogen-bond donors (Lipinski definition) is 1. The van der Waals surface area contributed by atoms with Crippen molar-refractivity contribution in [3.05, 3.63) is 42.1 Å². The Hall–Kier alpha value is -2.08. The van der Waals surface area contributed by atoms with Crippen molar-refractivity contribution in [3.63, 3.8) is 0 Å². The van der Waals surface area contributed by atoms with Gasteiger partial charge in [-0.15, -0.1) is 16.9 Å². The van der Waals surface area contributed by atoms with Gasteiger partial charge in [0.05, 0.1) is 6.20 Å². The maximum Gasteiger partial charge on any atom is 0.341 e. The van der Waals surface area contributed by atoms with E-state index in [1.54, 1.807) is 23.9 Å². The van der Waals surface area contributed by atoms with Crippen molar-refractivity contribution in [2.24, 2.45) is 0 Å². The quantitative estimate of drug-likeness (QED) is 0.854. The molecule has 0 aliphatic rings. The van der Waals surface area contributed by atoms with Crippen molar-refractivity contribution in [3.8, 4) is 11.6 Å². The molecular weight excluding hydrogens is 252 g/mol. The van der Waals surface area contributed by atoms with Crippen molar-refractivity contribution in [1.29, 1.82) is 0 Å². The third-order valence-electron chi connectivity index (χ3n) is 2.19. The standard InChI is InChI=1S/C12H10N2O3S/c1-18-9-4-2-8(3-5-9)17-11-10(12(15)16)6-7-13-14-11/h2-7H,1H3,(H,15,16). The van der Waals surface area contributed by atoms with Gasteiger partial charge in [-0.2, -0.15) is 5.10 Å². The minimum Gasteiger partial charge on any atom is -0.477 e. The summed E-state index contributed by atoms with van der Waals surface area (Å²) in [6, 6.07) is 8.63. The maximum absolute atomic E-state index is 11.0. The number of benzene rings is 1. The Labute approximate surface area is 108 Å². The van der Waals surface area contributed by atoms with Crippen molar-refractivity contribution in [2.45, 2.75) is 4.90 Å². The zero-order valence-electron chi connectivity index (χ0n) is 9.53. The molecule has 0 spiro atoms. The molecule has 0 saturated carbocycles. The molecule has 0 fully saturated rings. The zero-order valence-corrected chi connectivity index (χ0v) is 10.3. The predicted molar refractivity (Wildman–Crippen MR) is 67.3 cm³/mol. The van der Waals surface area contributed by atoms with E-state index in [9.17, 15) is 4.79 Å². The Morgan fingerprint density at radius 3 is 2.61 bits per heavy atom. The number of thioether (sulfide) groups is 1. The average molecular weight is 262 g/mol. The number of aromatic carboxylic acids is 1. The highest BCUT2D eigenvalue weighted by Crippen LogP contribution is 2.24. The van der Waals surface area contributed by atoms with Gasteiger partial charge in [0.15, 0.2) is 0 Å². The Morgan fingerprint density at radius 1 is 1.28 bits per heavy atom. The zero-order chi connectivity index (χ0) is 13.0. The van der Waals surface area contributed by atoms with Crippen LogP contribution in [0.3, 0.4) is 0 Å². The third-order valence-corrected chi connectivity index (χ3v) is 2.93. The number of carboxylic acid groups (broad SMARTS) is 1. The fraction of sp³-hybridized carbons (Fsp3) is 0.0833. The average Bonchev–Trinajstić information content (AvgIpc) is 2.40. The topological polar surface area (TPSA) is 72.3 Å². The molecule has 0 amide bonds. The molecular formula is C12H10N2O3S. The molecule has 2 aromatic rings. The van der Waals surface area contributed by atoms with Crippen LogP contribution in [0.5, 0.6) is 11.6 Å². The second-order valence-corrected chi connectivity index (χ2v) is 4.21. The molecule has 0 saturated heterocycles. The van der Waals surface area contributed by atoms with Gasteiger partial charge in [-0.3, -0.25) is 0 Å². The van der Waals surface area contributed by atoms with Crippen molar-refractivity contribution < 1.29 is 14.6 Å². The van der Waals surface area contributed by atoms with Crippen LogP contribution in [-0.4, -0.2) is 27.5 Å². The molecule has 1 heterocycles. The maximum atomic E-state index is 11.0. The van der Waals surface area contributed by atoms with Gasteiger partial charge in [0, 0.05) is 4.90 Å². The van der Waals surface area contributed by atoms with Crippen LogP contribution in [0.1, 0.15) is 10.4 Å². The van der Waals surface area contributed by atoms with Gasteiger partial charge in [-0.1, -0.05) is 0 Å². The van der Waals surface area contributed by atoms with E-state index in [2.05, 4.69) is 10.2 Å². The molecule has 1 aromatic carbocycles. The number of nitrogens with zero attached hydrogens (tertiary/aromatic N) is 2. The van der Waals surface area contributed by atoms with E-state index in [4.69, 9.17) is 9.84 Å². The van der Waals surface area contributed by atoms with Crippen LogP contribution >= 0.6 is 11.8 Å². The van der Waals surface area contributed by atoms with Crippen LogP contribution in [0.15, 0.2) is 41.4 Å². The summed E-state index contributed by atoms with van der Waals surface area (Å²) in [4.78, 5) is 12.1. The molecule has 6 heteroatoms. The Kier molecular flexibility index (Phi) is 3.78. The lowest BCUT2D eigenvalue weighted by atomic mass is 10.3. The largest absolute Gasteiger partial charge is 0.477 e. The Bertz CT molecular complexity index is 558. The Morgan fingerprint density at radius 2 is 2.00 bits per heavy atom. The van der Waals surface area contributed by atoms with Crippen LogP contribution in [0.2, 0.25) is 0 Å². The normalized spacial score (nSPS) is 10.1. The van der Waals surface area contributed by atoms with Gasteiger partial charge in [0.2, 0.25) is 0 Å². The van der Waals surface area contributed by atoms with Gasteiger partial charge in [0.1, 0.15) is 11.3 Å². The second-order valence-electron chi connectivity index (χ2n) is 3.33. The molecule has 0 bridgehead atoms. The SMILES string of the molecule is CSc1ccc(Oc2nnccc2C(=O)O)cc1. The fourth-order valence-electron chi connectivity index (χ4n) is 1.31. The van der Waals surface area contributed by atoms with Crippen molar-refractivity contribution >= 4 is 17.7 Å². The van der Waals surface area contributed by atoms with Crippen molar-refractivity contribution in [2.75, 3.05) is 6.26 Å². The van der Waals surface area contributed by atoms with Gasteiger partial charge >= 0.3 is 5.97 Å². The summed E-state index contributed by atoms with van der Waals surface area (Å²) < 4.78 is 5.41. The highest BCUT2D eigenvalue weighted by atomic mass is 32.2. The van der Waals surface area contributed by atoms with E-state index >= 15 is 0 Å². The first-order valence-corrected chi connectivity index (χ1v) is 6.30. The summed E-state index contributed by atoms with van der Waals surface area (Å²) in [5, 5.41) is 16.3. The molecule has 18 heavy (non-hydrogen) atoms. The summed E-state index contributed by atoms with van der Waals surface area (Å²) in [7, 11) is 0. The first kappa shape index (κ1) is 12.4. The minimum atomic E-state index is -1.10. The third kappa shape index (κ3) is 2.78. The number of aromatic nitrogens is 2. The van der Waals surface area contributed by atoms with Crippen LogP contribution in [0.4, 0.5) is 0 Å². The van der Waals surface area contributed by atoms with E-state index in [1.807, 2.05) is 18.4 Å². The van der Waals surface area contributed by atoms with Gasteiger partial charge in [-0.05, 0) is 36.6 Å². The van der Waals surface area contributed by atoms with E-state index in [1.165, 1.54) is 12.3 Å². The minimum absolute atomic E-state index is 0.0121. The lowest BCUT2D eigenvalue weighted by Gasteiger charge is -2.06. The van der Waals surface area contributed by atoms with Gasteiger partial charge in [-0.25, -0.2) is 4.79 Å². The number of carboxylic acids is 1. The highest BCUT2D eigenvalue weighted by Gasteiger charge is 2.13. The molecule has 2 rings (SSSR count). The molecule has 5 nitrogen and oxygen atoms in total. The van der Waals surface area contributed by atoms with Crippen LogP contribution in [-0.2, 0) is 0 Å². The van der Waals surface area contributed by atoms with Crippen LogP contribution in [0, 0.1) is 0 Å². The summed E-state index contributed by atoms with van der Waals surface area (Å²) in [5.74, 6) is -0.585. The summed E-state index contributed by atoms with van der Waals surface area (Å²) in [6.07, 6.45) is 3.29. The first-order valence-electron chi connectivity index (χ1n) is 5.07. The summed E-state index contributed by atoms with van der Waals surface area (Å²) in [5.41, 5.74) is -0.0149. The van der Waals surface area contributed by atoms with E-state index in [-0.39, 0.29) is 11.4 Å². The number of hydrogen-bond acceptors (Lipinski definition) is 5. The molecule has 1 N–H and O–H groups in total. The van der Waals surface area contributed by atoms with Gasteiger partial charge < -0.3 is 9.84 Å². The van der Waals surface area contributed by atoms with Crippen molar-refractivity contribution in [1.82, 2.24) is 10.2 Å². The molecule has 0 radical (unpaired) electrons. The molecule has 0 unspecified atom stereocenters. The van der Waals surface area contributed by atoms with Crippen LogP contribution < -0.4 is 4.74 Å². The van der Waals surface area contributed by atoms with Crippen LogP contribution in [0.25, 0.3) is 0 Å². The highest BCUT2D eigenvalue weighted by molar-refractivity contribution is 7.98. The Balaban J connectivity index is 2.25. The first-order chi connectivity index (χ1) is 8.70. The predicted octanol–water partition coefficient (Wildman–Crippen LogP) is 2.69. The molecule has 0 atom stereocenters. The second kappa shape index (κ2) is 5.50. The summed E-state index contributed by atoms with van der Waals surface area (Å²) >= 11 is 1.61. The fourth-order valence-corrected chi connectivity index (χ4v) is 1.72. The number of ether oxygens (including phenoxy) is 1. The monoisotopic (exact) mass is 262 g/mol. The molecule has 92 valence electrons.